The van der Waals surface area contributed by atoms with Crippen LogP contribution in [0.1, 0.15) is 47.1 Å². The van der Waals surface area contributed by atoms with Gasteiger partial charge in [0.2, 0.25) is 0 Å². The normalized spacial score (nSPS) is 16.3. The summed E-state index contributed by atoms with van der Waals surface area (Å²) in [6.45, 7) is 4.57. The van der Waals surface area contributed by atoms with E-state index < -0.39 is 0 Å². The summed E-state index contributed by atoms with van der Waals surface area (Å²) in [7, 11) is 2.31. The average molecular weight is 475 g/mol. The van der Waals surface area contributed by atoms with Gasteiger partial charge in [-0.3, -0.25) is 4.90 Å². The highest BCUT2D eigenvalue weighted by molar-refractivity contribution is 5.33. The van der Waals surface area contributed by atoms with Crippen molar-refractivity contribution in [1.82, 2.24) is 9.80 Å². The molecule has 0 N–H and O–H groups in total. The molecule has 0 bridgehead atoms. The fourth-order valence-electron chi connectivity index (χ4n) is 5.91. The van der Waals surface area contributed by atoms with Crippen molar-refractivity contribution < 1.29 is 0 Å². The van der Waals surface area contributed by atoms with E-state index in [1.807, 2.05) is 0 Å². The molecule has 184 valence electrons. The quantitative estimate of drug-likeness (QED) is 0.239. The predicted octanol–water partition coefficient (Wildman–Crippen LogP) is 7.25. The molecule has 0 spiro atoms. The molecule has 2 nitrogen and oxygen atoms in total. The number of hydrogen-bond acceptors (Lipinski definition) is 2. The summed E-state index contributed by atoms with van der Waals surface area (Å²) in [5.74, 6) is 1.15. The zero-order valence-corrected chi connectivity index (χ0v) is 21.4. The van der Waals surface area contributed by atoms with Gasteiger partial charge in [-0.1, -0.05) is 121 Å². The van der Waals surface area contributed by atoms with E-state index in [2.05, 4.69) is 138 Å². The Hall–Kier alpha value is -3.20. The summed E-state index contributed by atoms with van der Waals surface area (Å²) in [6.07, 6.45) is 2.40. The molecule has 5 rings (SSSR count). The molecule has 0 aliphatic carbocycles. The van der Waals surface area contributed by atoms with Crippen molar-refractivity contribution >= 4 is 0 Å². The second-order valence-corrected chi connectivity index (χ2v) is 10.3. The van der Waals surface area contributed by atoms with Gasteiger partial charge in [-0.25, -0.2) is 0 Å². The lowest BCUT2D eigenvalue weighted by Gasteiger charge is -2.30. The standard InChI is InChI=1S/C34H38N2/c1-35(24-23-33(29-14-6-2-7-15-29)30-16-8-3-9-17-30)26-28-22-25-36(27-28)34(31-18-10-4-11-19-31)32-20-12-5-13-21-32/h2-21,28,33-34H,22-27H2,1H3. The predicted molar refractivity (Wildman–Crippen MR) is 151 cm³/mol. The van der Waals surface area contributed by atoms with Gasteiger partial charge in [0.1, 0.15) is 0 Å². The third-order valence-electron chi connectivity index (χ3n) is 7.69. The Kier molecular flexibility index (Phi) is 8.28. The molecular weight excluding hydrogens is 436 g/mol. The molecule has 2 heteroatoms. The summed E-state index contributed by atoms with van der Waals surface area (Å²) in [6, 6.07) is 44.4. The fraction of sp³-hybridized carbons (Fsp3) is 0.294. The van der Waals surface area contributed by atoms with Crippen LogP contribution in [0.2, 0.25) is 0 Å². The minimum Gasteiger partial charge on any atom is -0.306 e. The van der Waals surface area contributed by atoms with Crippen molar-refractivity contribution in [2.75, 3.05) is 33.2 Å². The first-order valence-electron chi connectivity index (χ1n) is 13.4. The van der Waals surface area contributed by atoms with Crippen LogP contribution in [0, 0.1) is 5.92 Å². The van der Waals surface area contributed by atoms with Crippen molar-refractivity contribution in [1.29, 1.82) is 0 Å². The highest BCUT2D eigenvalue weighted by atomic mass is 15.2. The van der Waals surface area contributed by atoms with Crippen molar-refractivity contribution in [3.63, 3.8) is 0 Å². The first-order valence-corrected chi connectivity index (χ1v) is 13.4. The van der Waals surface area contributed by atoms with E-state index >= 15 is 0 Å². The molecule has 1 saturated heterocycles. The summed E-state index contributed by atoms with van der Waals surface area (Å²) in [5.41, 5.74) is 5.62. The van der Waals surface area contributed by atoms with Gasteiger partial charge in [0.25, 0.3) is 0 Å². The second kappa shape index (κ2) is 12.2. The molecule has 1 heterocycles. The zero-order chi connectivity index (χ0) is 24.6. The van der Waals surface area contributed by atoms with Crippen LogP contribution in [0.25, 0.3) is 0 Å². The van der Waals surface area contributed by atoms with Crippen molar-refractivity contribution in [3.05, 3.63) is 144 Å². The summed E-state index contributed by atoms with van der Waals surface area (Å²) >= 11 is 0. The Morgan fingerprint density at radius 3 is 1.58 bits per heavy atom. The molecule has 0 amide bonds. The van der Waals surface area contributed by atoms with Gasteiger partial charge in [0.05, 0.1) is 6.04 Å². The molecule has 0 aromatic heterocycles. The minimum atomic E-state index is 0.336. The number of nitrogens with zero attached hydrogens (tertiary/aromatic N) is 2. The van der Waals surface area contributed by atoms with Crippen LogP contribution in [-0.4, -0.2) is 43.0 Å². The number of rotatable bonds is 10. The second-order valence-electron chi connectivity index (χ2n) is 10.3. The molecule has 1 aliphatic heterocycles. The Morgan fingerprint density at radius 1 is 0.667 bits per heavy atom. The number of likely N-dealkylation sites (tertiary alicyclic amines) is 1. The fourth-order valence-corrected chi connectivity index (χ4v) is 5.91. The van der Waals surface area contributed by atoms with Gasteiger partial charge in [0.15, 0.2) is 0 Å². The van der Waals surface area contributed by atoms with Crippen molar-refractivity contribution in [3.8, 4) is 0 Å². The van der Waals surface area contributed by atoms with E-state index in [-0.39, 0.29) is 0 Å². The molecule has 1 atom stereocenters. The molecule has 0 saturated carbocycles. The largest absolute Gasteiger partial charge is 0.306 e. The lowest BCUT2D eigenvalue weighted by atomic mass is 9.88. The van der Waals surface area contributed by atoms with Crippen LogP contribution < -0.4 is 0 Å². The highest BCUT2D eigenvalue weighted by Crippen LogP contribution is 2.34. The molecule has 36 heavy (non-hydrogen) atoms. The molecule has 1 fully saturated rings. The Morgan fingerprint density at radius 2 is 1.11 bits per heavy atom. The Labute approximate surface area is 217 Å². The molecular formula is C34H38N2. The van der Waals surface area contributed by atoms with Gasteiger partial charge in [-0.2, -0.15) is 0 Å². The van der Waals surface area contributed by atoms with Crippen LogP contribution in [0.4, 0.5) is 0 Å². The maximum atomic E-state index is 2.69. The maximum absolute atomic E-state index is 2.69. The van der Waals surface area contributed by atoms with Gasteiger partial charge in [-0.15, -0.1) is 0 Å². The van der Waals surface area contributed by atoms with Crippen LogP contribution in [-0.2, 0) is 0 Å². The van der Waals surface area contributed by atoms with E-state index in [4.69, 9.17) is 0 Å². The highest BCUT2D eigenvalue weighted by Gasteiger charge is 2.30. The first-order chi connectivity index (χ1) is 17.8. The first kappa shape index (κ1) is 24.5. The summed E-state index contributed by atoms with van der Waals surface area (Å²) in [5, 5.41) is 0. The smallest absolute Gasteiger partial charge is 0.0601 e. The van der Waals surface area contributed by atoms with E-state index in [0.29, 0.717) is 17.9 Å². The topological polar surface area (TPSA) is 6.48 Å². The van der Waals surface area contributed by atoms with Gasteiger partial charge in [-0.05, 0) is 61.2 Å². The third kappa shape index (κ3) is 6.13. The average Bonchev–Trinajstić information content (AvgIpc) is 3.39. The van der Waals surface area contributed by atoms with E-state index in [0.717, 1.165) is 32.6 Å². The van der Waals surface area contributed by atoms with E-state index in [1.54, 1.807) is 0 Å². The lowest BCUT2D eigenvalue weighted by molar-refractivity contribution is 0.238. The van der Waals surface area contributed by atoms with Crippen LogP contribution in [0.5, 0.6) is 0 Å². The molecule has 0 radical (unpaired) electrons. The van der Waals surface area contributed by atoms with Crippen molar-refractivity contribution in [2.45, 2.75) is 24.8 Å². The van der Waals surface area contributed by atoms with Crippen LogP contribution in [0.3, 0.4) is 0 Å². The Balaban J connectivity index is 1.22. The third-order valence-corrected chi connectivity index (χ3v) is 7.69. The summed E-state index contributed by atoms with van der Waals surface area (Å²) < 4.78 is 0. The monoisotopic (exact) mass is 474 g/mol. The SMILES string of the molecule is CN(CCC(c1ccccc1)c1ccccc1)CC1CCN(C(c2ccccc2)c2ccccc2)C1. The van der Waals surface area contributed by atoms with Crippen LogP contribution in [0.15, 0.2) is 121 Å². The van der Waals surface area contributed by atoms with Gasteiger partial charge in [0, 0.05) is 19.0 Å². The molecule has 1 aliphatic rings. The minimum absolute atomic E-state index is 0.336. The number of benzene rings is 4. The molecule has 1 unspecified atom stereocenters. The Bertz CT molecular complexity index is 1080. The zero-order valence-electron chi connectivity index (χ0n) is 21.4. The van der Waals surface area contributed by atoms with E-state index in [9.17, 15) is 0 Å². The van der Waals surface area contributed by atoms with Crippen LogP contribution >= 0.6 is 0 Å². The lowest BCUT2D eigenvalue weighted by Crippen LogP contribution is -2.31. The number of hydrogen-bond donors (Lipinski definition) is 0. The van der Waals surface area contributed by atoms with Crippen molar-refractivity contribution in [2.24, 2.45) is 5.92 Å². The van der Waals surface area contributed by atoms with E-state index in [1.165, 1.54) is 28.7 Å². The van der Waals surface area contributed by atoms with Gasteiger partial charge >= 0.3 is 0 Å². The molecule has 4 aromatic carbocycles. The summed E-state index contributed by atoms with van der Waals surface area (Å²) in [4.78, 5) is 5.26. The molecule has 4 aromatic rings. The van der Waals surface area contributed by atoms with Gasteiger partial charge < -0.3 is 4.90 Å². The maximum Gasteiger partial charge on any atom is 0.0601 e.